The zero-order valence-electron chi connectivity index (χ0n) is 11.4. The molecule has 1 saturated carbocycles. The molecule has 3 nitrogen and oxygen atoms in total. The molecule has 1 aliphatic carbocycles. The Morgan fingerprint density at radius 1 is 1.37 bits per heavy atom. The largest absolute Gasteiger partial charge is 0.459 e. The van der Waals surface area contributed by atoms with Gasteiger partial charge in [0.15, 0.2) is 0 Å². The quantitative estimate of drug-likeness (QED) is 0.657. The average Bonchev–Trinajstić information content (AvgIpc) is 2.35. The second-order valence-electron chi connectivity index (χ2n) is 6.00. The number of esters is 1. The van der Waals surface area contributed by atoms with Gasteiger partial charge in [0, 0.05) is 5.69 Å². The molecule has 0 unspecified atom stereocenters. The van der Waals surface area contributed by atoms with Crippen LogP contribution in [0.3, 0.4) is 0 Å². The van der Waals surface area contributed by atoms with Gasteiger partial charge < -0.3 is 10.5 Å². The number of anilines is 1. The Kier molecular flexibility index (Phi) is 3.78. The Hall–Kier alpha value is -1.58. The zero-order chi connectivity index (χ0) is 14.0. The number of rotatable bonds is 2. The summed E-state index contributed by atoms with van der Waals surface area (Å²) in [6.07, 6.45) is 3.69. The molecule has 104 valence electrons. The van der Waals surface area contributed by atoms with Gasteiger partial charge in [0.1, 0.15) is 11.9 Å². The molecule has 0 bridgehead atoms. The fourth-order valence-electron chi connectivity index (χ4n) is 2.41. The number of hydrogen-bond acceptors (Lipinski definition) is 3. The van der Waals surface area contributed by atoms with E-state index in [0.717, 1.165) is 31.7 Å². The molecule has 0 radical (unpaired) electrons. The SMILES string of the molecule is CC1(C)CCC(OC(=O)c2cc(F)ccc2N)CC1. The predicted octanol–water partition coefficient (Wildman–Crippen LogP) is 3.53. The Balaban J connectivity index is 2.00. The molecule has 0 amide bonds. The predicted molar refractivity (Wildman–Crippen MR) is 72.3 cm³/mol. The highest BCUT2D eigenvalue weighted by atomic mass is 19.1. The first kappa shape index (κ1) is 13.8. The molecule has 0 spiro atoms. The molecule has 1 fully saturated rings. The summed E-state index contributed by atoms with van der Waals surface area (Å²) in [6.45, 7) is 4.44. The second kappa shape index (κ2) is 5.19. The molecular formula is C15H20FNO2. The third-order valence-corrected chi connectivity index (χ3v) is 3.80. The van der Waals surface area contributed by atoms with Crippen molar-refractivity contribution in [1.82, 2.24) is 0 Å². The Bertz CT molecular complexity index is 475. The van der Waals surface area contributed by atoms with Crippen molar-refractivity contribution in [2.45, 2.75) is 45.6 Å². The molecule has 0 aromatic heterocycles. The standard InChI is InChI=1S/C15H20FNO2/c1-15(2)7-5-11(6-8-15)19-14(18)12-9-10(16)3-4-13(12)17/h3-4,9,11H,5-8,17H2,1-2H3. The first-order valence-corrected chi connectivity index (χ1v) is 6.63. The maximum absolute atomic E-state index is 13.1. The van der Waals surface area contributed by atoms with Gasteiger partial charge in [-0.1, -0.05) is 13.8 Å². The fraction of sp³-hybridized carbons (Fsp3) is 0.533. The number of hydrogen-bond donors (Lipinski definition) is 1. The van der Waals surface area contributed by atoms with Crippen molar-refractivity contribution < 1.29 is 13.9 Å². The van der Waals surface area contributed by atoms with E-state index in [0.29, 0.717) is 5.41 Å². The Morgan fingerprint density at radius 3 is 2.63 bits per heavy atom. The van der Waals surface area contributed by atoms with Crippen molar-refractivity contribution in [1.29, 1.82) is 0 Å². The van der Waals surface area contributed by atoms with Crippen LogP contribution in [-0.4, -0.2) is 12.1 Å². The van der Waals surface area contributed by atoms with E-state index in [1.54, 1.807) is 0 Å². The van der Waals surface area contributed by atoms with E-state index >= 15 is 0 Å². The number of carbonyl (C=O) groups excluding carboxylic acids is 1. The normalized spacial score (nSPS) is 19.1. The summed E-state index contributed by atoms with van der Waals surface area (Å²) in [5, 5.41) is 0. The lowest BCUT2D eigenvalue weighted by Gasteiger charge is -2.33. The second-order valence-corrected chi connectivity index (χ2v) is 6.00. The third kappa shape index (κ3) is 3.46. The number of halogens is 1. The van der Waals surface area contributed by atoms with Crippen molar-refractivity contribution >= 4 is 11.7 Å². The van der Waals surface area contributed by atoms with Gasteiger partial charge in [0.2, 0.25) is 0 Å². The van der Waals surface area contributed by atoms with E-state index in [1.165, 1.54) is 12.1 Å². The summed E-state index contributed by atoms with van der Waals surface area (Å²) in [4.78, 5) is 12.0. The molecule has 1 aromatic rings. The van der Waals surface area contributed by atoms with Crippen LogP contribution >= 0.6 is 0 Å². The van der Waals surface area contributed by atoms with Gasteiger partial charge in [-0.2, -0.15) is 0 Å². The Labute approximate surface area is 112 Å². The summed E-state index contributed by atoms with van der Waals surface area (Å²) < 4.78 is 18.5. The fourth-order valence-corrected chi connectivity index (χ4v) is 2.41. The maximum atomic E-state index is 13.1. The van der Waals surface area contributed by atoms with Crippen LogP contribution in [-0.2, 0) is 4.74 Å². The minimum Gasteiger partial charge on any atom is -0.459 e. The third-order valence-electron chi connectivity index (χ3n) is 3.80. The highest BCUT2D eigenvalue weighted by Gasteiger charge is 2.29. The van der Waals surface area contributed by atoms with Crippen LogP contribution in [0.15, 0.2) is 18.2 Å². The summed E-state index contributed by atoms with van der Waals surface area (Å²) >= 11 is 0. The summed E-state index contributed by atoms with van der Waals surface area (Å²) in [7, 11) is 0. The molecular weight excluding hydrogens is 245 g/mol. The van der Waals surface area contributed by atoms with E-state index in [4.69, 9.17) is 10.5 Å². The molecule has 0 saturated heterocycles. The van der Waals surface area contributed by atoms with Gasteiger partial charge in [0.05, 0.1) is 5.56 Å². The van der Waals surface area contributed by atoms with E-state index < -0.39 is 11.8 Å². The molecule has 2 N–H and O–H groups in total. The van der Waals surface area contributed by atoms with Crippen LogP contribution < -0.4 is 5.73 Å². The van der Waals surface area contributed by atoms with Crippen LogP contribution in [0, 0.1) is 11.2 Å². The molecule has 0 heterocycles. The molecule has 1 aliphatic rings. The lowest BCUT2D eigenvalue weighted by Crippen LogP contribution is -2.28. The lowest BCUT2D eigenvalue weighted by atomic mass is 9.76. The summed E-state index contributed by atoms with van der Waals surface area (Å²) in [6, 6.07) is 3.75. The summed E-state index contributed by atoms with van der Waals surface area (Å²) in [5.74, 6) is -1.01. The van der Waals surface area contributed by atoms with Crippen LogP contribution in [0.5, 0.6) is 0 Å². The lowest BCUT2D eigenvalue weighted by molar-refractivity contribution is 0.00958. The first-order valence-electron chi connectivity index (χ1n) is 6.63. The van der Waals surface area contributed by atoms with E-state index in [2.05, 4.69) is 13.8 Å². The van der Waals surface area contributed by atoms with Gasteiger partial charge in [-0.25, -0.2) is 9.18 Å². The van der Waals surface area contributed by atoms with Crippen molar-refractivity contribution in [3.63, 3.8) is 0 Å². The first-order chi connectivity index (χ1) is 8.87. The number of nitrogens with two attached hydrogens (primary N) is 1. The minimum absolute atomic E-state index is 0.0804. The number of ether oxygens (including phenoxy) is 1. The van der Waals surface area contributed by atoms with Crippen LogP contribution in [0.4, 0.5) is 10.1 Å². The van der Waals surface area contributed by atoms with E-state index in [1.807, 2.05) is 0 Å². The smallest absolute Gasteiger partial charge is 0.340 e. The number of carbonyl (C=O) groups is 1. The van der Waals surface area contributed by atoms with Gasteiger partial charge >= 0.3 is 5.97 Å². The Morgan fingerprint density at radius 2 is 2.00 bits per heavy atom. The molecule has 0 aliphatic heterocycles. The van der Waals surface area contributed by atoms with Crippen LogP contribution in [0.1, 0.15) is 49.9 Å². The number of nitrogen functional groups attached to an aromatic ring is 1. The van der Waals surface area contributed by atoms with Crippen LogP contribution in [0.2, 0.25) is 0 Å². The summed E-state index contributed by atoms with van der Waals surface area (Å²) in [5.41, 5.74) is 6.36. The molecule has 0 atom stereocenters. The zero-order valence-corrected chi connectivity index (χ0v) is 11.4. The van der Waals surface area contributed by atoms with Gasteiger partial charge in [-0.05, 0) is 49.3 Å². The van der Waals surface area contributed by atoms with E-state index in [9.17, 15) is 9.18 Å². The number of benzene rings is 1. The van der Waals surface area contributed by atoms with Crippen molar-refractivity contribution in [2.75, 3.05) is 5.73 Å². The van der Waals surface area contributed by atoms with Gasteiger partial charge in [0.25, 0.3) is 0 Å². The average molecular weight is 265 g/mol. The van der Waals surface area contributed by atoms with Gasteiger partial charge in [-0.3, -0.25) is 0 Å². The van der Waals surface area contributed by atoms with Crippen molar-refractivity contribution in [2.24, 2.45) is 5.41 Å². The molecule has 2 rings (SSSR count). The van der Waals surface area contributed by atoms with Gasteiger partial charge in [-0.15, -0.1) is 0 Å². The van der Waals surface area contributed by atoms with Crippen molar-refractivity contribution in [3.8, 4) is 0 Å². The van der Waals surface area contributed by atoms with Crippen LogP contribution in [0.25, 0.3) is 0 Å². The topological polar surface area (TPSA) is 52.3 Å². The minimum atomic E-state index is -0.526. The van der Waals surface area contributed by atoms with Crippen molar-refractivity contribution in [3.05, 3.63) is 29.6 Å². The highest BCUT2D eigenvalue weighted by Crippen LogP contribution is 2.36. The maximum Gasteiger partial charge on any atom is 0.340 e. The monoisotopic (exact) mass is 265 g/mol. The molecule has 4 heteroatoms. The molecule has 19 heavy (non-hydrogen) atoms. The highest BCUT2D eigenvalue weighted by molar-refractivity contribution is 5.95. The molecule has 1 aromatic carbocycles. The van der Waals surface area contributed by atoms with E-state index in [-0.39, 0.29) is 17.4 Å².